The fraction of sp³-hybridized carbons (Fsp3) is 0.625. The summed E-state index contributed by atoms with van der Waals surface area (Å²) in [5.74, 6) is 0.714. The third-order valence-corrected chi connectivity index (χ3v) is 4.60. The van der Waals surface area contributed by atoms with E-state index in [-0.39, 0.29) is 0 Å². The van der Waals surface area contributed by atoms with E-state index < -0.39 is 0 Å². The van der Waals surface area contributed by atoms with Gasteiger partial charge >= 0.3 is 0 Å². The lowest BCUT2D eigenvalue weighted by Gasteiger charge is -2.37. The standard InChI is InChI=1S/C16H25N3/c1-2-18-9-11-19(12-10-18)13-14-7-8-17-16-6-4-3-5-15(14)16/h3-6,14,17H,2,7-13H2,1H3. The Morgan fingerprint density at radius 3 is 2.63 bits per heavy atom. The van der Waals surface area contributed by atoms with Crippen LogP contribution in [0.3, 0.4) is 0 Å². The molecule has 2 heterocycles. The fourth-order valence-electron chi connectivity index (χ4n) is 3.34. The van der Waals surface area contributed by atoms with Crippen molar-refractivity contribution >= 4 is 5.69 Å². The predicted molar refractivity (Wildman–Crippen MR) is 80.8 cm³/mol. The summed E-state index contributed by atoms with van der Waals surface area (Å²) in [6.07, 6.45) is 1.27. The van der Waals surface area contributed by atoms with Crippen LogP contribution in [-0.2, 0) is 0 Å². The monoisotopic (exact) mass is 259 g/mol. The zero-order chi connectivity index (χ0) is 13.1. The van der Waals surface area contributed by atoms with Crippen molar-refractivity contribution in [1.29, 1.82) is 0 Å². The van der Waals surface area contributed by atoms with Gasteiger partial charge in [0.1, 0.15) is 0 Å². The molecule has 1 atom stereocenters. The van der Waals surface area contributed by atoms with Gasteiger partial charge in [-0.2, -0.15) is 0 Å². The third kappa shape index (κ3) is 2.93. The van der Waals surface area contributed by atoms with E-state index in [1.165, 1.54) is 56.9 Å². The normalized spacial score (nSPS) is 24.8. The summed E-state index contributed by atoms with van der Waals surface area (Å²) in [6, 6.07) is 8.83. The van der Waals surface area contributed by atoms with Crippen LogP contribution in [0.15, 0.2) is 24.3 Å². The quantitative estimate of drug-likeness (QED) is 0.898. The Kier molecular flexibility index (Phi) is 4.04. The topological polar surface area (TPSA) is 18.5 Å². The highest BCUT2D eigenvalue weighted by molar-refractivity contribution is 5.54. The maximum absolute atomic E-state index is 3.52. The van der Waals surface area contributed by atoms with E-state index in [1.807, 2.05) is 0 Å². The van der Waals surface area contributed by atoms with E-state index in [2.05, 4.69) is 46.3 Å². The highest BCUT2D eigenvalue weighted by atomic mass is 15.3. The number of likely N-dealkylation sites (N-methyl/N-ethyl adjacent to an activating group) is 1. The molecule has 1 N–H and O–H groups in total. The Balaban J connectivity index is 1.62. The first-order valence-electron chi connectivity index (χ1n) is 7.64. The van der Waals surface area contributed by atoms with Crippen LogP contribution in [-0.4, -0.2) is 55.6 Å². The van der Waals surface area contributed by atoms with Crippen molar-refractivity contribution in [2.75, 3.05) is 51.1 Å². The van der Waals surface area contributed by atoms with Crippen molar-refractivity contribution in [1.82, 2.24) is 9.80 Å². The number of nitrogens with zero attached hydrogens (tertiary/aromatic N) is 2. The molecule has 3 rings (SSSR count). The number of hydrogen-bond donors (Lipinski definition) is 1. The Morgan fingerprint density at radius 2 is 1.84 bits per heavy atom. The van der Waals surface area contributed by atoms with E-state index in [0.29, 0.717) is 5.92 Å². The Morgan fingerprint density at radius 1 is 1.11 bits per heavy atom. The summed E-state index contributed by atoms with van der Waals surface area (Å²) < 4.78 is 0. The number of benzene rings is 1. The number of para-hydroxylation sites is 1. The van der Waals surface area contributed by atoms with Gasteiger partial charge in [-0.05, 0) is 24.6 Å². The molecule has 1 saturated heterocycles. The molecular formula is C16H25N3. The SMILES string of the molecule is CCN1CCN(CC2CCNc3ccccc32)CC1. The Labute approximate surface area is 116 Å². The van der Waals surface area contributed by atoms with Gasteiger partial charge in [-0.1, -0.05) is 25.1 Å². The van der Waals surface area contributed by atoms with Crippen LogP contribution in [0.25, 0.3) is 0 Å². The maximum Gasteiger partial charge on any atom is 0.0376 e. The maximum atomic E-state index is 3.52. The first-order chi connectivity index (χ1) is 9.36. The molecular weight excluding hydrogens is 234 g/mol. The third-order valence-electron chi connectivity index (χ3n) is 4.60. The molecule has 104 valence electrons. The van der Waals surface area contributed by atoms with E-state index in [9.17, 15) is 0 Å². The number of rotatable bonds is 3. The van der Waals surface area contributed by atoms with Gasteiger partial charge in [0.2, 0.25) is 0 Å². The zero-order valence-corrected chi connectivity index (χ0v) is 11.9. The van der Waals surface area contributed by atoms with Crippen LogP contribution >= 0.6 is 0 Å². The van der Waals surface area contributed by atoms with Gasteiger partial charge in [0, 0.05) is 50.9 Å². The minimum atomic E-state index is 0.714. The van der Waals surface area contributed by atoms with Gasteiger partial charge in [-0.3, -0.25) is 0 Å². The molecule has 0 aliphatic carbocycles. The summed E-state index contributed by atoms with van der Waals surface area (Å²) in [5.41, 5.74) is 2.87. The van der Waals surface area contributed by atoms with Crippen molar-refractivity contribution in [2.24, 2.45) is 0 Å². The first kappa shape index (κ1) is 12.9. The number of anilines is 1. The lowest BCUT2D eigenvalue weighted by atomic mass is 9.90. The molecule has 0 saturated carbocycles. The fourth-order valence-corrected chi connectivity index (χ4v) is 3.34. The highest BCUT2D eigenvalue weighted by Gasteiger charge is 2.23. The second-order valence-corrected chi connectivity index (χ2v) is 5.73. The highest BCUT2D eigenvalue weighted by Crippen LogP contribution is 2.31. The van der Waals surface area contributed by atoms with Crippen LogP contribution in [0.4, 0.5) is 5.69 Å². The minimum Gasteiger partial charge on any atom is -0.385 e. The molecule has 0 amide bonds. The van der Waals surface area contributed by atoms with Gasteiger partial charge in [0.25, 0.3) is 0 Å². The van der Waals surface area contributed by atoms with Crippen molar-refractivity contribution in [3.05, 3.63) is 29.8 Å². The summed E-state index contributed by atoms with van der Waals surface area (Å²) in [7, 11) is 0. The molecule has 1 aromatic carbocycles. The molecule has 2 aliphatic rings. The number of hydrogen-bond acceptors (Lipinski definition) is 3. The molecule has 0 bridgehead atoms. The molecule has 3 heteroatoms. The molecule has 1 unspecified atom stereocenters. The van der Waals surface area contributed by atoms with Gasteiger partial charge < -0.3 is 15.1 Å². The smallest absolute Gasteiger partial charge is 0.0376 e. The molecule has 1 fully saturated rings. The van der Waals surface area contributed by atoms with E-state index in [4.69, 9.17) is 0 Å². The van der Waals surface area contributed by atoms with E-state index in [1.54, 1.807) is 0 Å². The summed E-state index contributed by atoms with van der Waals surface area (Å²) in [6.45, 7) is 10.8. The van der Waals surface area contributed by atoms with Gasteiger partial charge in [-0.15, -0.1) is 0 Å². The molecule has 0 radical (unpaired) electrons. The van der Waals surface area contributed by atoms with E-state index in [0.717, 1.165) is 6.54 Å². The molecule has 1 aromatic rings. The Bertz CT molecular complexity index is 410. The lowest BCUT2D eigenvalue weighted by molar-refractivity contribution is 0.130. The van der Waals surface area contributed by atoms with Crippen LogP contribution in [0.2, 0.25) is 0 Å². The molecule has 2 aliphatic heterocycles. The van der Waals surface area contributed by atoms with Crippen molar-refractivity contribution in [3.8, 4) is 0 Å². The first-order valence-corrected chi connectivity index (χ1v) is 7.64. The molecule has 3 nitrogen and oxygen atoms in total. The van der Waals surface area contributed by atoms with Gasteiger partial charge in [-0.25, -0.2) is 0 Å². The van der Waals surface area contributed by atoms with Crippen molar-refractivity contribution in [3.63, 3.8) is 0 Å². The summed E-state index contributed by atoms with van der Waals surface area (Å²) >= 11 is 0. The van der Waals surface area contributed by atoms with E-state index >= 15 is 0 Å². The van der Waals surface area contributed by atoms with Crippen LogP contribution in [0, 0.1) is 0 Å². The predicted octanol–water partition coefficient (Wildman–Crippen LogP) is 2.22. The van der Waals surface area contributed by atoms with Gasteiger partial charge in [0.05, 0.1) is 0 Å². The average molecular weight is 259 g/mol. The lowest BCUT2D eigenvalue weighted by Crippen LogP contribution is -2.47. The molecule has 19 heavy (non-hydrogen) atoms. The number of nitrogens with one attached hydrogen (secondary N) is 1. The second-order valence-electron chi connectivity index (χ2n) is 5.73. The van der Waals surface area contributed by atoms with Crippen LogP contribution in [0.1, 0.15) is 24.8 Å². The molecule has 0 spiro atoms. The Hall–Kier alpha value is -1.06. The largest absolute Gasteiger partial charge is 0.385 e. The van der Waals surface area contributed by atoms with Crippen LogP contribution < -0.4 is 5.32 Å². The number of fused-ring (bicyclic) bond motifs is 1. The zero-order valence-electron chi connectivity index (χ0n) is 11.9. The van der Waals surface area contributed by atoms with Crippen molar-refractivity contribution < 1.29 is 0 Å². The second kappa shape index (κ2) is 5.93. The number of piperazine rings is 1. The van der Waals surface area contributed by atoms with Gasteiger partial charge in [0.15, 0.2) is 0 Å². The summed E-state index contributed by atoms with van der Waals surface area (Å²) in [5, 5.41) is 3.52. The average Bonchev–Trinajstić information content (AvgIpc) is 2.48. The van der Waals surface area contributed by atoms with Crippen molar-refractivity contribution in [2.45, 2.75) is 19.3 Å². The molecule has 0 aromatic heterocycles. The summed E-state index contributed by atoms with van der Waals surface area (Å²) in [4.78, 5) is 5.20. The minimum absolute atomic E-state index is 0.714. The van der Waals surface area contributed by atoms with Crippen LogP contribution in [0.5, 0.6) is 0 Å².